The summed E-state index contributed by atoms with van der Waals surface area (Å²) >= 11 is 0. The van der Waals surface area contributed by atoms with Gasteiger partial charge in [0.15, 0.2) is 0 Å². The van der Waals surface area contributed by atoms with Crippen LogP contribution in [0.25, 0.3) is 0 Å². The summed E-state index contributed by atoms with van der Waals surface area (Å²) in [5, 5.41) is 9.85. The van der Waals surface area contributed by atoms with Gasteiger partial charge in [0.05, 0.1) is 17.7 Å². The number of carbonyl (C=O) groups excluding carboxylic acids is 1. The van der Waals surface area contributed by atoms with Gasteiger partial charge in [-0.15, -0.1) is 0 Å². The van der Waals surface area contributed by atoms with Crippen molar-refractivity contribution in [3.63, 3.8) is 0 Å². The van der Waals surface area contributed by atoms with Crippen LogP contribution in [0.3, 0.4) is 0 Å². The Kier molecular flexibility index (Phi) is 3.70. The van der Waals surface area contributed by atoms with Crippen molar-refractivity contribution in [3.8, 4) is 0 Å². The first-order valence-electron chi connectivity index (χ1n) is 6.03. The molecular formula is C12H19N3O3. The Balaban J connectivity index is 1.90. The summed E-state index contributed by atoms with van der Waals surface area (Å²) in [5.74, 6) is 5.42. The fraction of sp³-hybridized carbons (Fsp3) is 0.583. The predicted octanol–water partition coefficient (Wildman–Crippen LogP) is 0.230. The van der Waals surface area contributed by atoms with Gasteiger partial charge in [-0.2, -0.15) is 0 Å². The third-order valence-electron chi connectivity index (χ3n) is 3.36. The third-order valence-corrected chi connectivity index (χ3v) is 3.36. The summed E-state index contributed by atoms with van der Waals surface area (Å²) in [6.07, 6.45) is 2.91. The second-order valence-corrected chi connectivity index (χ2v) is 5.05. The summed E-state index contributed by atoms with van der Waals surface area (Å²) in [7, 11) is 0. The Morgan fingerprint density at radius 1 is 1.61 bits per heavy atom. The molecule has 1 amide bonds. The lowest BCUT2D eigenvalue weighted by Gasteiger charge is -2.35. The van der Waals surface area contributed by atoms with E-state index in [1.165, 1.54) is 6.26 Å². The van der Waals surface area contributed by atoms with Crippen LogP contribution in [0.5, 0.6) is 0 Å². The number of nitrogen functional groups attached to an aromatic ring is 1. The van der Waals surface area contributed by atoms with Gasteiger partial charge in [0.2, 0.25) is 0 Å². The molecule has 0 atom stereocenters. The number of likely N-dealkylation sites (tertiary alicyclic amines) is 1. The van der Waals surface area contributed by atoms with Gasteiger partial charge in [0, 0.05) is 13.1 Å². The number of hydrazine groups is 1. The molecule has 6 nitrogen and oxygen atoms in total. The minimum absolute atomic E-state index is 0.355. The largest absolute Gasteiger partial charge is 0.467 e. The van der Waals surface area contributed by atoms with Crippen molar-refractivity contribution < 1.29 is 14.3 Å². The Bertz CT molecular complexity index is 418. The number of carbonyl (C=O) groups is 1. The highest BCUT2D eigenvalue weighted by Gasteiger charge is 2.27. The minimum atomic E-state index is -0.551. The van der Waals surface area contributed by atoms with E-state index in [1.807, 2.05) is 6.92 Å². The molecule has 0 unspecified atom stereocenters. The number of hydrogen-bond donors (Lipinski definition) is 3. The van der Waals surface area contributed by atoms with E-state index in [0.29, 0.717) is 12.1 Å². The summed E-state index contributed by atoms with van der Waals surface area (Å²) in [6, 6.07) is 1.69. The van der Waals surface area contributed by atoms with E-state index in [-0.39, 0.29) is 5.91 Å². The number of nitrogens with one attached hydrogen (secondary N) is 1. The second-order valence-electron chi connectivity index (χ2n) is 5.05. The Labute approximate surface area is 106 Å². The maximum Gasteiger partial charge on any atom is 0.268 e. The van der Waals surface area contributed by atoms with Gasteiger partial charge in [-0.25, -0.2) is 5.84 Å². The van der Waals surface area contributed by atoms with Crippen LogP contribution in [0, 0.1) is 0 Å². The van der Waals surface area contributed by atoms with Gasteiger partial charge in [-0.3, -0.25) is 15.1 Å². The van der Waals surface area contributed by atoms with Crippen LogP contribution in [0.2, 0.25) is 0 Å². The molecule has 1 aliphatic heterocycles. The standard InChI is InChI=1S/C12H19N3O3/c1-12(17)2-4-15(5-3-12)7-10-6-9(8-18-10)11(16)14-13/h6,8,17H,2-5,7,13H2,1H3,(H,14,16). The summed E-state index contributed by atoms with van der Waals surface area (Å²) in [4.78, 5) is 13.5. The smallest absolute Gasteiger partial charge is 0.268 e. The molecule has 1 aromatic rings. The van der Waals surface area contributed by atoms with Gasteiger partial charge in [-0.1, -0.05) is 0 Å². The number of aliphatic hydroxyl groups is 1. The fourth-order valence-electron chi connectivity index (χ4n) is 2.08. The van der Waals surface area contributed by atoms with Crippen molar-refractivity contribution in [1.29, 1.82) is 0 Å². The number of furan rings is 1. The zero-order valence-corrected chi connectivity index (χ0v) is 10.5. The molecule has 4 N–H and O–H groups in total. The van der Waals surface area contributed by atoms with Crippen LogP contribution in [0.4, 0.5) is 0 Å². The molecule has 1 aliphatic rings. The van der Waals surface area contributed by atoms with Gasteiger partial charge < -0.3 is 9.52 Å². The van der Waals surface area contributed by atoms with E-state index in [0.717, 1.165) is 31.7 Å². The number of hydrogen-bond acceptors (Lipinski definition) is 5. The molecule has 18 heavy (non-hydrogen) atoms. The number of rotatable bonds is 3. The van der Waals surface area contributed by atoms with Crippen LogP contribution < -0.4 is 11.3 Å². The van der Waals surface area contributed by atoms with E-state index in [4.69, 9.17) is 10.3 Å². The maximum atomic E-state index is 11.3. The van der Waals surface area contributed by atoms with Crippen molar-refractivity contribution in [1.82, 2.24) is 10.3 Å². The lowest BCUT2D eigenvalue weighted by molar-refractivity contribution is -0.00870. The predicted molar refractivity (Wildman–Crippen MR) is 65.5 cm³/mol. The van der Waals surface area contributed by atoms with Crippen molar-refractivity contribution >= 4 is 5.91 Å². The summed E-state index contributed by atoms with van der Waals surface area (Å²) in [5.41, 5.74) is 1.94. The second kappa shape index (κ2) is 5.09. The van der Waals surface area contributed by atoms with Crippen LogP contribution in [-0.2, 0) is 6.54 Å². The minimum Gasteiger partial charge on any atom is -0.467 e. The fourth-order valence-corrected chi connectivity index (χ4v) is 2.08. The summed E-state index contributed by atoms with van der Waals surface area (Å²) < 4.78 is 5.32. The van der Waals surface area contributed by atoms with E-state index in [2.05, 4.69) is 10.3 Å². The highest BCUT2D eigenvalue weighted by molar-refractivity contribution is 5.93. The maximum absolute atomic E-state index is 11.3. The van der Waals surface area contributed by atoms with Gasteiger partial charge in [-0.05, 0) is 25.8 Å². The van der Waals surface area contributed by atoms with E-state index >= 15 is 0 Å². The zero-order chi connectivity index (χ0) is 13.2. The molecule has 1 fully saturated rings. The molecule has 1 aromatic heterocycles. The average Bonchev–Trinajstić information content (AvgIpc) is 2.79. The molecule has 2 heterocycles. The van der Waals surface area contributed by atoms with E-state index in [9.17, 15) is 9.90 Å². The van der Waals surface area contributed by atoms with Crippen molar-refractivity contribution in [2.75, 3.05) is 13.1 Å². The summed E-state index contributed by atoms with van der Waals surface area (Å²) in [6.45, 7) is 4.16. The lowest BCUT2D eigenvalue weighted by Crippen LogP contribution is -2.41. The van der Waals surface area contributed by atoms with Crippen molar-refractivity contribution in [2.24, 2.45) is 5.84 Å². The monoisotopic (exact) mass is 253 g/mol. The zero-order valence-electron chi connectivity index (χ0n) is 10.5. The third kappa shape index (κ3) is 3.10. The topological polar surface area (TPSA) is 91.7 Å². The Hall–Kier alpha value is -1.37. The first kappa shape index (κ1) is 13.1. The quantitative estimate of drug-likeness (QED) is 0.407. The van der Waals surface area contributed by atoms with Crippen molar-refractivity contribution in [2.45, 2.75) is 31.9 Å². The number of nitrogens with zero attached hydrogens (tertiary/aromatic N) is 1. The van der Waals surface area contributed by atoms with Gasteiger partial charge in [0.1, 0.15) is 12.0 Å². The molecule has 0 saturated carbocycles. The molecule has 0 aromatic carbocycles. The first-order chi connectivity index (χ1) is 8.50. The first-order valence-corrected chi connectivity index (χ1v) is 6.03. The number of piperidine rings is 1. The molecule has 0 radical (unpaired) electrons. The highest BCUT2D eigenvalue weighted by Crippen LogP contribution is 2.22. The molecule has 0 aliphatic carbocycles. The van der Waals surface area contributed by atoms with Crippen LogP contribution in [0.15, 0.2) is 16.7 Å². The SMILES string of the molecule is CC1(O)CCN(Cc2cc(C(=O)NN)co2)CC1. The number of nitrogens with two attached hydrogens (primary N) is 1. The lowest BCUT2D eigenvalue weighted by atomic mass is 9.94. The highest BCUT2D eigenvalue weighted by atomic mass is 16.3. The molecule has 1 saturated heterocycles. The van der Waals surface area contributed by atoms with Crippen LogP contribution in [0.1, 0.15) is 35.9 Å². The Morgan fingerprint density at radius 3 is 2.89 bits per heavy atom. The molecule has 2 rings (SSSR count). The molecular weight excluding hydrogens is 234 g/mol. The Morgan fingerprint density at radius 2 is 2.28 bits per heavy atom. The van der Waals surface area contributed by atoms with Gasteiger partial charge >= 0.3 is 0 Å². The van der Waals surface area contributed by atoms with E-state index in [1.54, 1.807) is 6.07 Å². The normalized spacial score (nSPS) is 19.7. The number of amides is 1. The molecule has 0 spiro atoms. The van der Waals surface area contributed by atoms with Gasteiger partial charge in [0.25, 0.3) is 5.91 Å². The molecule has 100 valence electrons. The molecule has 0 bridgehead atoms. The average molecular weight is 253 g/mol. The van der Waals surface area contributed by atoms with Crippen molar-refractivity contribution in [3.05, 3.63) is 23.7 Å². The van der Waals surface area contributed by atoms with E-state index < -0.39 is 5.60 Å². The van der Waals surface area contributed by atoms with Crippen LogP contribution in [-0.4, -0.2) is 34.6 Å². The molecule has 6 heteroatoms. The van der Waals surface area contributed by atoms with Crippen LogP contribution >= 0.6 is 0 Å².